The summed E-state index contributed by atoms with van der Waals surface area (Å²) in [7, 11) is 4.08. The first-order valence-electron chi connectivity index (χ1n) is 8.03. The van der Waals surface area contributed by atoms with Crippen molar-refractivity contribution in [2.75, 3.05) is 32.5 Å². The summed E-state index contributed by atoms with van der Waals surface area (Å²) < 4.78 is 1.88. The maximum atomic E-state index is 12.4. The lowest BCUT2D eigenvalue weighted by Gasteiger charge is -2.19. The summed E-state index contributed by atoms with van der Waals surface area (Å²) >= 11 is 0. The van der Waals surface area contributed by atoms with E-state index in [4.69, 9.17) is 4.98 Å². The second-order valence-corrected chi connectivity index (χ2v) is 6.27. The zero-order valence-electron chi connectivity index (χ0n) is 13.8. The average Bonchev–Trinajstić information content (AvgIpc) is 2.96. The van der Waals surface area contributed by atoms with Crippen molar-refractivity contribution in [3.05, 3.63) is 47.8 Å². The number of rotatable bonds is 4. The van der Waals surface area contributed by atoms with Crippen LogP contribution in [0.3, 0.4) is 0 Å². The Morgan fingerprint density at radius 3 is 2.83 bits per heavy atom. The number of ketones is 1. The molecule has 1 N–H and O–H groups in total. The molecule has 122 valence electrons. The molecule has 1 aliphatic rings. The van der Waals surface area contributed by atoms with Gasteiger partial charge in [-0.1, -0.05) is 18.2 Å². The van der Waals surface area contributed by atoms with Crippen molar-refractivity contribution in [1.82, 2.24) is 19.4 Å². The molecule has 2 aromatic heterocycles. The van der Waals surface area contributed by atoms with Gasteiger partial charge in [0, 0.05) is 25.1 Å². The van der Waals surface area contributed by atoms with E-state index in [9.17, 15) is 4.79 Å². The van der Waals surface area contributed by atoms with Crippen LogP contribution < -0.4 is 5.32 Å². The zero-order valence-corrected chi connectivity index (χ0v) is 13.8. The fraction of sp³-hybridized carbons (Fsp3) is 0.278. The van der Waals surface area contributed by atoms with E-state index in [1.165, 1.54) is 0 Å². The van der Waals surface area contributed by atoms with Gasteiger partial charge >= 0.3 is 0 Å². The third-order valence-electron chi connectivity index (χ3n) is 4.19. The number of nitrogens with one attached hydrogen (secondary N) is 1. The number of benzene rings is 1. The van der Waals surface area contributed by atoms with Crippen molar-refractivity contribution in [3.8, 4) is 5.82 Å². The maximum absolute atomic E-state index is 12.4. The van der Waals surface area contributed by atoms with Gasteiger partial charge in [0.25, 0.3) is 0 Å². The first-order chi connectivity index (χ1) is 11.6. The highest BCUT2D eigenvalue weighted by atomic mass is 16.1. The number of aromatic nitrogens is 3. The summed E-state index contributed by atoms with van der Waals surface area (Å²) in [6.45, 7) is 1.74. The number of hydrogen-bond acceptors (Lipinski definition) is 5. The van der Waals surface area contributed by atoms with E-state index < -0.39 is 0 Å². The van der Waals surface area contributed by atoms with Gasteiger partial charge in [0.15, 0.2) is 5.82 Å². The highest BCUT2D eigenvalue weighted by Crippen LogP contribution is 2.29. The molecule has 0 spiro atoms. The monoisotopic (exact) mass is 321 g/mol. The van der Waals surface area contributed by atoms with Crippen LogP contribution >= 0.6 is 0 Å². The van der Waals surface area contributed by atoms with Crippen LogP contribution in [0.5, 0.6) is 0 Å². The highest BCUT2D eigenvalue weighted by Gasteiger charge is 2.27. The summed E-state index contributed by atoms with van der Waals surface area (Å²) in [4.78, 5) is 23.8. The second-order valence-electron chi connectivity index (χ2n) is 6.27. The highest BCUT2D eigenvalue weighted by molar-refractivity contribution is 6.01. The van der Waals surface area contributed by atoms with Gasteiger partial charge in [0.1, 0.15) is 11.6 Å². The number of imidazole rings is 1. The topological polar surface area (TPSA) is 63.1 Å². The quantitative estimate of drug-likeness (QED) is 0.797. The normalized spacial score (nSPS) is 13.2. The Kier molecular flexibility index (Phi) is 3.54. The molecule has 0 radical (unpaired) electrons. The first kappa shape index (κ1) is 14.8. The molecule has 6 heteroatoms. The van der Waals surface area contributed by atoms with Crippen molar-refractivity contribution in [3.63, 3.8) is 0 Å². The number of fused-ring (bicyclic) bond motifs is 5. The number of carbonyl (C=O) groups is 1. The van der Waals surface area contributed by atoms with E-state index in [1.54, 1.807) is 0 Å². The van der Waals surface area contributed by atoms with Crippen LogP contribution in [-0.2, 0) is 6.42 Å². The van der Waals surface area contributed by atoms with E-state index in [0.717, 1.165) is 41.3 Å². The number of pyridine rings is 1. The van der Waals surface area contributed by atoms with Crippen LogP contribution in [0.15, 0.2) is 36.4 Å². The third kappa shape index (κ3) is 2.45. The first-order valence-corrected chi connectivity index (χ1v) is 8.03. The zero-order chi connectivity index (χ0) is 16.7. The minimum absolute atomic E-state index is 0.0359. The number of likely N-dealkylation sites (N-methyl/N-ethyl adjacent to an activating group) is 1. The Hall–Kier alpha value is -2.73. The molecule has 1 aromatic carbocycles. The molecule has 3 aromatic rings. The van der Waals surface area contributed by atoms with Gasteiger partial charge in [-0.05, 0) is 32.3 Å². The van der Waals surface area contributed by atoms with Crippen LogP contribution in [-0.4, -0.2) is 52.4 Å². The second kappa shape index (κ2) is 5.72. The maximum Gasteiger partial charge on any atom is 0.203 e. The van der Waals surface area contributed by atoms with Crippen molar-refractivity contribution in [2.24, 2.45) is 0 Å². The number of carbonyl (C=O) groups excluding carboxylic acids is 1. The standard InChI is InChI=1S/C18H19N5O/c1-22(2)10-9-19-16-8-7-12-11-15(24)18-20-13-5-3-4-6-14(13)23(18)17(12)21-16/h3-8H,9-11H2,1-2H3,(H,19,21). The van der Waals surface area contributed by atoms with Crippen molar-refractivity contribution >= 4 is 22.6 Å². The van der Waals surface area contributed by atoms with E-state index in [0.29, 0.717) is 12.2 Å². The smallest absolute Gasteiger partial charge is 0.203 e. The van der Waals surface area contributed by atoms with Gasteiger partial charge in [-0.25, -0.2) is 9.97 Å². The molecule has 0 aliphatic carbocycles. The lowest BCUT2D eigenvalue weighted by molar-refractivity contribution is 0.0977. The number of anilines is 1. The van der Waals surface area contributed by atoms with Crippen LogP contribution in [0.1, 0.15) is 16.2 Å². The van der Waals surface area contributed by atoms with E-state index in [-0.39, 0.29) is 5.78 Å². The Morgan fingerprint density at radius 2 is 2.00 bits per heavy atom. The number of Topliss-reactive ketones (excluding diaryl/α,β-unsaturated/α-hetero) is 1. The van der Waals surface area contributed by atoms with Gasteiger partial charge in [-0.15, -0.1) is 0 Å². The molecule has 4 rings (SSSR count). The molecule has 0 amide bonds. The van der Waals surface area contributed by atoms with Gasteiger partial charge < -0.3 is 10.2 Å². The fourth-order valence-corrected chi connectivity index (χ4v) is 2.99. The third-order valence-corrected chi connectivity index (χ3v) is 4.19. The fourth-order valence-electron chi connectivity index (χ4n) is 2.99. The van der Waals surface area contributed by atoms with Crippen molar-refractivity contribution in [1.29, 1.82) is 0 Å². The molecule has 3 heterocycles. The van der Waals surface area contributed by atoms with E-state index in [1.807, 2.05) is 55.1 Å². The molecular formula is C18H19N5O. The Bertz CT molecular complexity index is 928. The number of hydrogen-bond donors (Lipinski definition) is 1. The SMILES string of the molecule is CN(C)CCNc1ccc2c(n1)-n1c(nc3ccccc31)C(=O)C2. The summed E-state index contributed by atoms with van der Waals surface area (Å²) in [5.74, 6) is 2.12. The van der Waals surface area contributed by atoms with E-state index in [2.05, 4.69) is 15.2 Å². The molecule has 1 aliphatic heterocycles. The number of para-hydroxylation sites is 2. The van der Waals surface area contributed by atoms with E-state index >= 15 is 0 Å². The molecule has 0 unspecified atom stereocenters. The summed E-state index contributed by atoms with van der Waals surface area (Å²) in [5, 5.41) is 3.34. The molecule has 0 fully saturated rings. The predicted octanol–water partition coefficient (Wildman–Crippen LogP) is 2.13. The summed E-state index contributed by atoms with van der Waals surface area (Å²) in [6, 6.07) is 11.7. The molecular weight excluding hydrogens is 302 g/mol. The Labute approximate surface area is 140 Å². The molecule has 24 heavy (non-hydrogen) atoms. The van der Waals surface area contributed by atoms with Gasteiger partial charge in [-0.2, -0.15) is 0 Å². The molecule has 0 saturated heterocycles. The van der Waals surface area contributed by atoms with Crippen LogP contribution in [0.25, 0.3) is 16.9 Å². The van der Waals surface area contributed by atoms with Gasteiger partial charge in [-0.3, -0.25) is 9.36 Å². The predicted molar refractivity (Wildman–Crippen MR) is 93.9 cm³/mol. The van der Waals surface area contributed by atoms with Crippen LogP contribution in [0.2, 0.25) is 0 Å². The summed E-state index contributed by atoms with van der Waals surface area (Å²) in [5.41, 5.74) is 2.68. The molecule has 0 atom stereocenters. The lowest BCUT2D eigenvalue weighted by Crippen LogP contribution is -2.23. The molecule has 0 bridgehead atoms. The van der Waals surface area contributed by atoms with Gasteiger partial charge in [0.05, 0.1) is 11.0 Å². The lowest BCUT2D eigenvalue weighted by atomic mass is 10.1. The molecule has 0 saturated carbocycles. The Balaban J connectivity index is 1.78. The average molecular weight is 321 g/mol. The van der Waals surface area contributed by atoms with Crippen LogP contribution in [0.4, 0.5) is 5.82 Å². The number of nitrogens with zero attached hydrogens (tertiary/aromatic N) is 4. The Morgan fingerprint density at radius 1 is 1.17 bits per heavy atom. The minimum atomic E-state index is 0.0359. The summed E-state index contributed by atoms with van der Waals surface area (Å²) in [6.07, 6.45) is 0.351. The largest absolute Gasteiger partial charge is 0.369 e. The van der Waals surface area contributed by atoms with Crippen LogP contribution in [0, 0.1) is 0 Å². The minimum Gasteiger partial charge on any atom is -0.369 e. The van der Waals surface area contributed by atoms with Crippen molar-refractivity contribution < 1.29 is 4.79 Å². The molecule has 6 nitrogen and oxygen atoms in total. The van der Waals surface area contributed by atoms with Gasteiger partial charge in [0.2, 0.25) is 5.78 Å². The van der Waals surface area contributed by atoms with Crippen molar-refractivity contribution in [2.45, 2.75) is 6.42 Å².